The fraction of sp³-hybridized carbons (Fsp3) is 0.143. The molecule has 2 aromatic rings. The number of carbonyl (C=O) groups is 1. The van der Waals surface area contributed by atoms with E-state index in [9.17, 15) is 9.59 Å². The molecule has 0 spiro atoms. The molecule has 1 aromatic heterocycles. The molecule has 0 saturated carbocycles. The van der Waals surface area contributed by atoms with E-state index in [2.05, 4.69) is 10.3 Å². The van der Waals surface area contributed by atoms with E-state index >= 15 is 0 Å². The van der Waals surface area contributed by atoms with E-state index in [4.69, 9.17) is 16.3 Å². The molecular weight excluding hydrogens is 280 g/mol. The van der Waals surface area contributed by atoms with E-state index < -0.39 is 5.91 Å². The van der Waals surface area contributed by atoms with Gasteiger partial charge in [0.2, 0.25) is 5.56 Å². The molecule has 0 saturated heterocycles. The van der Waals surface area contributed by atoms with Crippen LogP contribution in [0.25, 0.3) is 0 Å². The van der Waals surface area contributed by atoms with E-state index in [1.165, 1.54) is 18.2 Å². The van der Waals surface area contributed by atoms with Crippen molar-refractivity contribution in [1.29, 1.82) is 0 Å². The fourth-order valence-corrected chi connectivity index (χ4v) is 1.82. The van der Waals surface area contributed by atoms with Crippen molar-refractivity contribution in [3.05, 3.63) is 57.5 Å². The number of hydrogen-bond donors (Lipinski definition) is 2. The average Bonchev–Trinajstić information content (AvgIpc) is 2.42. The summed E-state index contributed by atoms with van der Waals surface area (Å²) in [6.07, 6.45) is 0. The van der Waals surface area contributed by atoms with Gasteiger partial charge in [-0.3, -0.25) is 9.59 Å². The molecule has 0 aliphatic heterocycles. The Kier molecular flexibility index (Phi) is 4.42. The molecule has 0 atom stereocenters. The topological polar surface area (TPSA) is 71.2 Å². The van der Waals surface area contributed by atoms with Crippen LogP contribution in [0.15, 0.2) is 41.2 Å². The zero-order chi connectivity index (χ0) is 14.5. The number of hydrogen-bond acceptors (Lipinski definition) is 3. The molecule has 1 heterocycles. The van der Waals surface area contributed by atoms with Crippen LogP contribution in [0.4, 0.5) is 5.69 Å². The number of carbonyl (C=O) groups excluding carboxylic acids is 1. The lowest BCUT2D eigenvalue weighted by Crippen LogP contribution is -2.18. The standard InChI is InChI=1S/C14H13ClN2O3/c1-2-20-12-7-6-9(15)8-11(12)17-14(19)10-4-3-5-13(18)16-10/h3-8H,2H2,1H3,(H,16,18)(H,17,19). The maximum atomic E-state index is 12.1. The minimum atomic E-state index is -0.439. The molecule has 1 aromatic carbocycles. The zero-order valence-electron chi connectivity index (χ0n) is 10.8. The summed E-state index contributed by atoms with van der Waals surface area (Å²) in [5.41, 5.74) is 0.280. The molecule has 0 fully saturated rings. The number of amides is 1. The number of halogens is 1. The van der Waals surface area contributed by atoms with Crippen LogP contribution in [0.2, 0.25) is 5.02 Å². The van der Waals surface area contributed by atoms with Gasteiger partial charge in [-0.15, -0.1) is 0 Å². The van der Waals surface area contributed by atoms with Gasteiger partial charge in [0.05, 0.1) is 12.3 Å². The Labute approximate surface area is 120 Å². The maximum Gasteiger partial charge on any atom is 0.272 e. The van der Waals surface area contributed by atoms with Gasteiger partial charge in [0.25, 0.3) is 5.91 Å². The molecule has 2 rings (SSSR count). The SMILES string of the molecule is CCOc1ccc(Cl)cc1NC(=O)c1cccc(=O)[nH]1. The van der Waals surface area contributed by atoms with Gasteiger partial charge in [-0.1, -0.05) is 17.7 Å². The number of rotatable bonds is 4. The largest absolute Gasteiger partial charge is 0.492 e. The maximum absolute atomic E-state index is 12.1. The van der Waals surface area contributed by atoms with Gasteiger partial charge >= 0.3 is 0 Å². The number of benzene rings is 1. The average molecular weight is 293 g/mol. The minimum absolute atomic E-state index is 0.167. The van der Waals surface area contributed by atoms with Gasteiger partial charge in [-0.25, -0.2) is 0 Å². The Balaban J connectivity index is 2.27. The number of H-pyrrole nitrogens is 1. The van der Waals surface area contributed by atoms with Crippen LogP contribution in [0.5, 0.6) is 5.75 Å². The normalized spacial score (nSPS) is 10.1. The van der Waals surface area contributed by atoms with E-state index in [0.717, 1.165) is 0 Å². The first kappa shape index (κ1) is 14.1. The van der Waals surface area contributed by atoms with Crippen molar-refractivity contribution >= 4 is 23.2 Å². The van der Waals surface area contributed by atoms with Crippen LogP contribution >= 0.6 is 11.6 Å². The van der Waals surface area contributed by atoms with Gasteiger partial charge in [0.15, 0.2) is 0 Å². The Hall–Kier alpha value is -2.27. The van der Waals surface area contributed by atoms with Gasteiger partial charge < -0.3 is 15.0 Å². The minimum Gasteiger partial charge on any atom is -0.492 e. The summed E-state index contributed by atoms with van der Waals surface area (Å²) in [7, 11) is 0. The van der Waals surface area contributed by atoms with Gasteiger partial charge in [0, 0.05) is 11.1 Å². The van der Waals surface area contributed by atoms with Crippen LogP contribution in [-0.4, -0.2) is 17.5 Å². The molecule has 1 amide bonds. The molecule has 20 heavy (non-hydrogen) atoms. The predicted octanol–water partition coefficient (Wildman–Crippen LogP) is 2.68. The second-order valence-electron chi connectivity index (χ2n) is 3.96. The summed E-state index contributed by atoms with van der Waals surface area (Å²) in [5, 5.41) is 3.14. The van der Waals surface area contributed by atoms with E-state index in [-0.39, 0.29) is 11.3 Å². The van der Waals surface area contributed by atoms with Crippen molar-refractivity contribution in [1.82, 2.24) is 4.98 Å². The van der Waals surface area contributed by atoms with Gasteiger partial charge in [-0.05, 0) is 31.2 Å². The third-order valence-corrected chi connectivity index (χ3v) is 2.74. The first-order valence-corrected chi connectivity index (χ1v) is 6.41. The number of aromatic nitrogens is 1. The summed E-state index contributed by atoms with van der Waals surface area (Å²) in [4.78, 5) is 25.7. The third kappa shape index (κ3) is 3.39. The number of anilines is 1. The summed E-state index contributed by atoms with van der Waals surface area (Å²) in [5.74, 6) is 0.0782. The summed E-state index contributed by atoms with van der Waals surface area (Å²) >= 11 is 5.91. The van der Waals surface area contributed by atoms with Crippen LogP contribution in [-0.2, 0) is 0 Å². The van der Waals surface area contributed by atoms with Crippen molar-refractivity contribution in [2.24, 2.45) is 0 Å². The Morgan fingerprint density at radius 3 is 2.85 bits per heavy atom. The highest BCUT2D eigenvalue weighted by Crippen LogP contribution is 2.28. The Morgan fingerprint density at radius 1 is 1.35 bits per heavy atom. The Morgan fingerprint density at radius 2 is 2.15 bits per heavy atom. The quantitative estimate of drug-likeness (QED) is 0.910. The molecule has 0 aliphatic carbocycles. The van der Waals surface area contributed by atoms with Gasteiger partial charge in [0.1, 0.15) is 11.4 Å². The lowest BCUT2D eigenvalue weighted by Gasteiger charge is -2.11. The smallest absolute Gasteiger partial charge is 0.272 e. The third-order valence-electron chi connectivity index (χ3n) is 2.50. The monoisotopic (exact) mass is 292 g/mol. The molecular formula is C14H13ClN2O3. The fourth-order valence-electron chi connectivity index (χ4n) is 1.65. The highest BCUT2D eigenvalue weighted by molar-refractivity contribution is 6.31. The van der Waals surface area contributed by atoms with Crippen molar-refractivity contribution in [3.8, 4) is 5.75 Å². The van der Waals surface area contributed by atoms with Gasteiger partial charge in [-0.2, -0.15) is 0 Å². The highest BCUT2D eigenvalue weighted by Gasteiger charge is 2.11. The number of pyridine rings is 1. The number of ether oxygens (including phenoxy) is 1. The first-order valence-electron chi connectivity index (χ1n) is 6.03. The molecule has 0 bridgehead atoms. The van der Waals surface area contributed by atoms with E-state index in [0.29, 0.717) is 23.1 Å². The molecule has 0 aliphatic rings. The van der Waals surface area contributed by atoms with Crippen LogP contribution in [0.1, 0.15) is 17.4 Å². The first-order chi connectivity index (χ1) is 9.60. The molecule has 6 heteroatoms. The number of nitrogens with one attached hydrogen (secondary N) is 2. The Bertz CT molecular complexity index is 682. The van der Waals surface area contributed by atoms with E-state index in [1.807, 2.05) is 6.92 Å². The van der Waals surface area contributed by atoms with Crippen molar-refractivity contribution in [2.45, 2.75) is 6.92 Å². The summed E-state index contributed by atoms with van der Waals surface area (Å²) in [6.45, 7) is 2.31. The molecule has 104 valence electrons. The second kappa shape index (κ2) is 6.25. The number of aromatic amines is 1. The lowest BCUT2D eigenvalue weighted by molar-refractivity contribution is 0.102. The van der Waals surface area contributed by atoms with E-state index in [1.54, 1.807) is 18.2 Å². The molecule has 2 N–H and O–H groups in total. The second-order valence-corrected chi connectivity index (χ2v) is 4.39. The lowest BCUT2D eigenvalue weighted by atomic mass is 10.2. The predicted molar refractivity (Wildman–Crippen MR) is 77.6 cm³/mol. The van der Waals surface area contributed by atoms with Crippen molar-refractivity contribution in [2.75, 3.05) is 11.9 Å². The molecule has 0 radical (unpaired) electrons. The molecule has 0 unspecified atom stereocenters. The van der Waals surface area contributed by atoms with Crippen molar-refractivity contribution < 1.29 is 9.53 Å². The van der Waals surface area contributed by atoms with Crippen LogP contribution in [0, 0.1) is 0 Å². The highest BCUT2D eigenvalue weighted by atomic mass is 35.5. The molecule has 5 nitrogen and oxygen atoms in total. The van der Waals surface area contributed by atoms with Crippen LogP contribution < -0.4 is 15.6 Å². The summed E-state index contributed by atoms with van der Waals surface area (Å²) < 4.78 is 5.41. The van der Waals surface area contributed by atoms with Crippen molar-refractivity contribution in [3.63, 3.8) is 0 Å². The summed E-state index contributed by atoms with van der Waals surface area (Å²) in [6, 6.07) is 9.30. The van der Waals surface area contributed by atoms with Crippen LogP contribution in [0.3, 0.4) is 0 Å². The zero-order valence-corrected chi connectivity index (χ0v) is 11.5.